The molecule has 4 rings (SSSR count). The number of nitrogens with two attached hydrogens (primary N) is 1. The quantitative estimate of drug-likeness (QED) is 0.489. The molecule has 0 spiro atoms. The summed E-state index contributed by atoms with van der Waals surface area (Å²) >= 11 is 0. The summed E-state index contributed by atoms with van der Waals surface area (Å²) in [4.78, 5) is 12.4. The van der Waals surface area contributed by atoms with E-state index in [0.717, 1.165) is 5.56 Å². The second kappa shape index (κ2) is 8.18. The molecule has 2 aromatic heterocycles. The van der Waals surface area contributed by atoms with E-state index in [4.69, 9.17) is 10.5 Å². The molecule has 2 aromatic carbocycles. The zero-order valence-corrected chi connectivity index (χ0v) is 16.5. The number of aromatic nitrogens is 3. The lowest BCUT2D eigenvalue weighted by molar-refractivity contribution is 0.463. The smallest absolute Gasteiger partial charge is 0.281 e. The van der Waals surface area contributed by atoms with E-state index in [2.05, 4.69) is 19.7 Å². The summed E-state index contributed by atoms with van der Waals surface area (Å²) in [6.07, 6.45) is 0. The molecule has 4 aromatic rings. The van der Waals surface area contributed by atoms with Gasteiger partial charge in [-0.3, -0.25) is 0 Å². The first-order valence-electron chi connectivity index (χ1n) is 8.92. The lowest BCUT2D eigenvalue weighted by Gasteiger charge is -2.11. The van der Waals surface area contributed by atoms with E-state index in [0.29, 0.717) is 11.4 Å². The molecule has 0 atom stereocenters. The number of pyridine rings is 1. The number of nitrogens with one attached hydrogen (secondary N) is 1. The van der Waals surface area contributed by atoms with Gasteiger partial charge >= 0.3 is 0 Å². The number of sulfonamides is 1. The number of benzene rings is 2. The second-order valence-corrected chi connectivity index (χ2v) is 7.83. The van der Waals surface area contributed by atoms with Crippen LogP contribution in [-0.4, -0.2) is 23.4 Å². The van der Waals surface area contributed by atoms with Crippen LogP contribution in [0.5, 0.6) is 11.6 Å². The Kier molecular flexibility index (Phi) is 5.27. The van der Waals surface area contributed by atoms with Crippen LogP contribution in [-0.2, 0) is 10.0 Å². The second-order valence-electron chi connectivity index (χ2n) is 6.20. The SMILES string of the molecule is Nc1cccc(S(=O)(=O)Nc2nc(Oc3ccccc3)cc(-c3ccccc3)n2)n1. The number of rotatable bonds is 6. The molecule has 0 aliphatic heterocycles. The van der Waals surface area contributed by atoms with E-state index in [9.17, 15) is 8.42 Å². The monoisotopic (exact) mass is 419 g/mol. The summed E-state index contributed by atoms with van der Waals surface area (Å²) in [6, 6.07) is 24.3. The van der Waals surface area contributed by atoms with Crippen molar-refractivity contribution in [3.63, 3.8) is 0 Å². The highest BCUT2D eigenvalue weighted by Crippen LogP contribution is 2.26. The standard InChI is InChI=1S/C21H17N5O3S/c22-18-12-7-13-20(24-18)30(27,28)26-21-23-17(15-8-3-1-4-9-15)14-19(25-21)29-16-10-5-2-6-11-16/h1-14H,(H2,22,24)(H,23,25,26). The summed E-state index contributed by atoms with van der Waals surface area (Å²) in [5.41, 5.74) is 6.88. The van der Waals surface area contributed by atoms with Gasteiger partial charge in [0.05, 0.1) is 5.69 Å². The topological polar surface area (TPSA) is 120 Å². The van der Waals surface area contributed by atoms with E-state index in [1.54, 1.807) is 18.2 Å². The van der Waals surface area contributed by atoms with Gasteiger partial charge in [0.15, 0.2) is 5.03 Å². The minimum Gasteiger partial charge on any atom is -0.439 e. The minimum atomic E-state index is -4.05. The minimum absolute atomic E-state index is 0.0879. The van der Waals surface area contributed by atoms with Crippen LogP contribution in [0.2, 0.25) is 0 Å². The molecule has 0 fully saturated rings. The molecule has 0 unspecified atom stereocenters. The number of nitrogens with zero attached hydrogens (tertiary/aromatic N) is 3. The van der Waals surface area contributed by atoms with Crippen molar-refractivity contribution in [3.05, 3.63) is 84.9 Å². The van der Waals surface area contributed by atoms with Crippen molar-refractivity contribution in [1.82, 2.24) is 15.0 Å². The van der Waals surface area contributed by atoms with Gasteiger partial charge in [-0.15, -0.1) is 0 Å². The van der Waals surface area contributed by atoms with Crippen LogP contribution in [0, 0.1) is 0 Å². The molecule has 0 aliphatic carbocycles. The van der Waals surface area contributed by atoms with Crippen LogP contribution < -0.4 is 15.2 Å². The molecule has 0 saturated carbocycles. The van der Waals surface area contributed by atoms with Gasteiger partial charge < -0.3 is 10.5 Å². The fraction of sp³-hybridized carbons (Fsp3) is 0. The number of ether oxygens (including phenoxy) is 1. The number of anilines is 2. The Balaban J connectivity index is 1.74. The van der Waals surface area contributed by atoms with Crippen molar-refractivity contribution < 1.29 is 13.2 Å². The van der Waals surface area contributed by atoms with Gasteiger partial charge in [-0.25, -0.2) is 14.7 Å². The van der Waals surface area contributed by atoms with Crippen LogP contribution >= 0.6 is 0 Å². The third-order valence-electron chi connectivity index (χ3n) is 3.98. The Morgan fingerprint density at radius 1 is 0.800 bits per heavy atom. The summed E-state index contributed by atoms with van der Waals surface area (Å²) in [7, 11) is -4.05. The normalized spacial score (nSPS) is 11.1. The highest BCUT2D eigenvalue weighted by molar-refractivity contribution is 7.92. The van der Waals surface area contributed by atoms with Crippen molar-refractivity contribution in [2.24, 2.45) is 0 Å². The fourth-order valence-corrected chi connectivity index (χ4v) is 3.56. The largest absolute Gasteiger partial charge is 0.439 e. The van der Waals surface area contributed by atoms with Crippen LogP contribution in [0.25, 0.3) is 11.3 Å². The van der Waals surface area contributed by atoms with Crippen molar-refractivity contribution in [2.45, 2.75) is 5.03 Å². The van der Waals surface area contributed by atoms with Gasteiger partial charge in [-0.05, 0) is 24.3 Å². The predicted octanol–water partition coefficient (Wildman–Crippen LogP) is 3.71. The summed E-state index contributed by atoms with van der Waals surface area (Å²) < 4.78 is 33.6. The maximum Gasteiger partial charge on any atom is 0.281 e. The Labute approximate surface area is 173 Å². The van der Waals surface area contributed by atoms with Crippen molar-refractivity contribution >= 4 is 21.8 Å². The zero-order chi connectivity index (χ0) is 21.0. The molecule has 3 N–H and O–H groups in total. The van der Waals surface area contributed by atoms with E-state index in [-0.39, 0.29) is 22.7 Å². The Morgan fingerprint density at radius 2 is 1.50 bits per heavy atom. The first-order chi connectivity index (χ1) is 14.5. The number of hydrogen-bond donors (Lipinski definition) is 2. The Hall–Kier alpha value is -3.98. The highest BCUT2D eigenvalue weighted by atomic mass is 32.2. The number of para-hydroxylation sites is 1. The maximum atomic E-state index is 12.7. The molecule has 0 saturated heterocycles. The summed E-state index contributed by atoms with van der Waals surface area (Å²) in [6.45, 7) is 0. The third-order valence-corrected chi connectivity index (χ3v) is 5.21. The zero-order valence-electron chi connectivity index (χ0n) is 15.6. The third kappa shape index (κ3) is 4.53. The average molecular weight is 419 g/mol. The van der Waals surface area contributed by atoms with Crippen molar-refractivity contribution in [2.75, 3.05) is 10.5 Å². The number of hydrogen-bond acceptors (Lipinski definition) is 7. The number of nitrogen functional groups attached to an aromatic ring is 1. The molecular weight excluding hydrogens is 402 g/mol. The van der Waals surface area contributed by atoms with Gasteiger partial charge in [0.2, 0.25) is 11.8 Å². The van der Waals surface area contributed by atoms with Crippen molar-refractivity contribution in [3.8, 4) is 22.9 Å². The highest BCUT2D eigenvalue weighted by Gasteiger charge is 2.19. The molecule has 9 heteroatoms. The first-order valence-corrected chi connectivity index (χ1v) is 10.4. The van der Waals surface area contributed by atoms with Crippen LogP contribution in [0.15, 0.2) is 90.0 Å². The molecule has 0 aliphatic rings. The van der Waals surface area contributed by atoms with Crippen LogP contribution in [0.1, 0.15) is 0 Å². The lowest BCUT2D eigenvalue weighted by atomic mass is 10.1. The molecule has 0 bridgehead atoms. The van der Waals surface area contributed by atoms with Gasteiger partial charge in [-0.1, -0.05) is 54.6 Å². The van der Waals surface area contributed by atoms with Crippen LogP contribution in [0.3, 0.4) is 0 Å². The molecule has 0 amide bonds. The van der Waals surface area contributed by atoms with Gasteiger partial charge in [0.1, 0.15) is 11.6 Å². The molecule has 30 heavy (non-hydrogen) atoms. The fourth-order valence-electron chi connectivity index (χ4n) is 2.64. The van der Waals surface area contributed by atoms with E-state index in [1.807, 2.05) is 48.5 Å². The molecule has 8 nitrogen and oxygen atoms in total. The van der Waals surface area contributed by atoms with Gasteiger partial charge in [-0.2, -0.15) is 13.4 Å². The van der Waals surface area contributed by atoms with Gasteiger partial charge in [0, 0.05) is 11.6 Å². The van der Waals surface area contributed by atoms with E-state index in [1.165, 1.54) is 18.2 Å². The lowest BCUT2D eigenvalue weighted by Crippen LogP contribution is -2.17. The average Bonchev–Trinajstić information content (AvgIpc) is 2.75. The van der Waals surface area contributed by atoms with E-state index >= 15 is 0 Å². The summed E-state index contributed by atoms with van der Waals surface area (Å²) in [5, 5.41) is -0.234. The molecule has 150 valence electrons. The van der Waals surface area contributed by atoms with E-state index < -0.39 is 10.0 Å². The molecule has 2 heterocycles. The Morgan fingerprint density at radius 3 is 2.20 bits per heavy atom. The van der Waals surface area contributed by atoms with Crippen LogP contribution in [0.4, 0.5) is 11.8 Å². The molecule has 0 radical (unpaired) electrons. The predicted molar refractivity (Wildman–Crippen MR) is 113 cm³/mol. The maximum absolute atomic E-state index is 12.7. The van der Waals surface area contributed by atoms with Crippen molar-refractivity contribution in [1.29, 1.82) is 0 Å². The van der Waals surface area contributed by atoms with Gasteiger partial charge in [0.25, 0.3) is 10.0 Å². The Bertz CT molecular complexity index is 1270. The molecular formula is C21H17N5O3S. The first kappa shape index (κ1) is 19.3. The summed E-state index contributed by atoms with van der Waals surface area (Å²) in [5.74, 6) is 0.686.